The Labute approximate surface area is 105 Å². The van der Waals surface area contributed by atoms with E-state index in [4.69, 9.17) is 5.73 Å². The lowest BCUT2D eigenvalue weighted by Gasteiger charge is -2.51. The molecule has 0 aromatic heterocycles. The number of likely N-dealkylation sites (tertiary alicyclic amines) is 1. The second-order valence-electron chi connectivity index (χ2n) is 6.39. The van der Waals surface area contributed by atoms with Crippen LogP contribution < -0.4 is 5.73 Å². The van der Waals surface area contributed by atoms with E-state index in [1.165, 1.54) is 19.3 Å². The van der Waals surface area contributed by atoms with Crippen LogP contribution in [0.5, 0.6) is 0 Å². The third-order valence-corrected chi connectivity index (χ3v) is 4.52. The molecule has 1 heterocycles. The van der Waals surface area contributed by atoms with Gasteiger partial charge in [0.2, 0.25) is 5.91 Å². The van der Waals surface area contributed by atoms with Crippen molar-refractivity contribution < 1.29 is 4.79 Å². The molecule has 2 fully saturated rings. The molecule has 2 rings (SSSR count). The van der Waals surface area contributed by atoms with Crippen LogP contribution in [0.15, 0.2) is 0 Å². The van der Waals surface area contributed by atoms with Crippen LogP contribution in [0.4, 0.5) is 0 Å². The molecule has 0 aromatic carbocycles. The molecule has 98 valence electrons. The summed E-state index contributed by atoms with van der Waals surface area (Å²) in [4.78, 5) is 14.5. The van der Waals surface area contributed by atoms with Crippen molar-refractivity contribution in [2.75, 3.05) is 13.1 Å². The van der Waals surface area contributed by atoms with Crippen LogP contribution in [-0.2, 0) is 4.79 Å². The van der Waals surface area contributed by atoms with Gasteiger partial charge in [0.05, 0.1) is 5.54 Å². The molecular formula is C14H26N2O. The highest BCUT2D eigenvalue weighted by Crippen LogP contribution is 2.39. The Hall–Kier alpha value is -0.570. The molecule has 2 aliphatic rings. The van der Waals surface area contributed by atoms with Gasteiger partial charge in [-0.3, -0.25) is 4.79 Å². The van der Waals surface area contributed by atoms with E-state index < -0.39 is 0 Å². The minimum atomic E-state index is -0.0915. The van der Waals surface area contributed by atoms with E-state index in [0.717, 1.165) is 38.8 Å². The average Bonchev–Trinajstić information content (AvgIpc) is 2.26. The summed E-state index contributed by atoms with van der Waals surface area (Å²) < 4.78 is 0. The fourth-order valence-electron chi connectivity index (χ4n) is 3.44. The van der Waals surface area contributed by atoms with Gasteiger partial charge in [0.25, 0.3) is 0 Å². The molecular weight excluding hydrogens is 212 g/mol. The van der Waals surface area contributed by atoms with E-state index in [1.807, 2.05) is 4.90 Å². The number of hydrogen-bond donors (Lipinski definition) is 1. The van der Waals surface area contributed by atoms with Crippen molar-refractivity contribution in [1.29, 1.82) is 0 Å². The summed E-state index contributed by atoms with van der Waals surface area (Å²) in [6.07, 6.45) is 7.97. The lowest BCUT2D eigenvalue weighted by Crippen LogP contribution is -2.70. The van der Waals surface area contributed by atoms with Gasteiger partial charge < -0.3 is 10.6 Å². The van der Waals surface area contributed by atoms with Crippen molar-refractivity contribution in [3.63, 3.8) is 0 Å². The maximum Gasteiger partial charge on any atom is 0.228 e. The van der Waals surface area contributed by atoms with E-state index in [-0.39, 0.29) is 11.0 Å². The molecule has 3 nitrogen and oxygen atoms in total. The van der Waals surface area contributed by atoms with Crippen molar-refractivity contribution in [1.82, 2.24) is 4.90 Å². The molecule has 0 atom stereocenters. The standard InChI is InChI=1S/C14H26N2O/c1-3-7-14(15)10-16(11-14)12(17)13(2)8-5-4-6-9-13/h3-11,15H2,1-2H3. The number of amides is 1. The summed E-state index contributed by atoms with van der Waals surface area (Å²) in [5.74, 6) is 0.356. The highest BCUT2D eigenvalue weighted by atomic mass is 16.2. The van der Waals surface area contributed by atoms with E-state index in [9.17, 15) is 4.79 Å². The first kappa shape index (κ1) is 12.9. The zero-order chi connectivity index (χ0) is 12.5. The van der Waals surface area contributed by atoms with Crippen LogP contribution >= 0.6 is 0 Å². The minimum absolute atomic E-state index is 0.0879. The maximum absolute atomic E-state index is 12.5. The first-order valence-corrected chi connectivity index (χ1v) is 7.07. The van der Waals surface area contributed by atoms with Crippen LogP contribution in [0.3, 0.4) is 0 Å². The Morgan fingerprint density at radius 3 is 2.35 bits per heavy atom. The normalized spacial score (nSPS) is 26.4. The molecule has 0 spiro atoms. The highest BCUT2D eigenvalue weighted by Gasteiger charge is 2.46. The largest absolute Gasteiger partial charge is 0.338 e. The number of carbonyl (C=O) groups is 1. The van der Waals surface area contributed by atoms with Gasteiger partial charge in [-0.2, -0.15) is 0 Å². The van der Waals surface area contributed by atoms with Crippen molar-refractivity contribution in [2.24, 2.45) is 11.1 Å². The van der Waals surface area contributed by atoms with Crippen molar-refractivity contribution in [3.05, 3.63) is 0 Å². The first-order chi connectivity index (χ1) is 7.99. The van der Waals surface area contributed by atoms with Gasteiger partial charge in [-0.1, -0.05) is 39.5 Å². The lowest BCUT2D eigenvalue weighted by molar-refractivity contribution is -0.151. The summed E-state index contributed by atoms with van der Waals surface area (Å²) in [5, 5.41) is 0. The van der Waals surface area contributed by atoms with Crippen LogP contribution in [0.2, 0.25) is 0 Å². The lowest BCUT2D eigenvalue weighted by atomic mass is 9.73. The third kappa shape index (κ3) is 2.49. The molecule has 1 aliphatic heterocycles. The van der Waals surface area contributed by atoms with E-state index >= 15 is 0 Å². The zero-order valence-corrected chi connectivity index (χ0v) is 11.3. The number of rotatable bonds is 3. The molecule has 0 radical (unpaired) electrons. The number of nitrogens with zero attached hydrogens (tertiary/aromatic N) is 1. The smallest absolute Gasteiger partial charge is 0.228 e. The Kier molecular flexibility index (Phi) is 3.48. The molecule has 1 saturated carbocycles. The molecule has 0 aromatic rings. The van der Waals surface area contributed by atoms with Gasteiger partial charge in [-0.15, -0.1) is 0 Å². The molecule has 0 bridgehead atoms. The van der Waals surface area contributed by atoms with Crippen LogP contribution in [-0.4, -0.2) is 29.4 Å². The molecule has 0 unspecified atom stereocenters. The van der Waals surface area contributed by atoms with Crippen LogP contribution in [0, 0.1) is 5.41 Å². The van der Waals surface area contributed by atoms with Crippen molar-refractivity contribution in [3.8, 4) is 0 Å². The molecule has 3 heteroatoms. The Morgan fingerprint density at radius 2 is 1.82 bits per heavy atom. The summed E-state index contributed by atoms with van der Waals surface area (Å²) >= 11 is 0. The van der Waals surface area contributed by atoms with Gasteiger partial charge >= 0.3 is 0 Å². The summed E-state index contributed by atoms with van der Waals surface area (Å²) in [6, 6.07) is 0. The average molecular weight is 238 g/mol. The summed E-state index contributed by atoms with van der Waals surface area (Å²) in [5.41, 5.74) is 6.04. The first-order valence-electron chi connectivity index (χ1n) is 7.07. The molecule has 1 saturated heterocycles. The topological polar surface area (TPSA) is 46.3 Å². The Balaban J connectivity index is 1.90. The molecule has 1 aliphatic carbocycles. The number of hydrogen-bond acceptors (Lipinski definition) is 2. The zero-order valence-electron chi connectivity index (χ0n) is 11.3. The SMILES string of the molecule is CCCC1(N)CN(C(=O)C2(C)CCCCC2)C1. The molecule has 1 amide bonds. The predicted molar refractivity (Wildman–Crippen MR) is 69.6 cm³/mol. The van der Waals surface area contributed by atoms with E-state index in [1.54, 1.807) is 0 Å². The number of nitrogens with two attached hydrogens (primary N) is 1. The van der Waals surface area contributed by atoms with Crippen molar-refractivity contribution >= 4 is 5.91 Å². The van der Waals surface area contributed by atoms with Crippen molar-refractivity contribution in [2.45, 2.75) is 64.3 Å². The number of carbonyl (C=O) groups excluding carboxylic acids is 1. The fraction of sp³-hybridized carbons (Fsp3) is 0.929. The quantitative estimate of drug-likeness (QED) is 0.820. The minimum Gasteiger partial charge on any atom is -0.338 e. The monoisotopic (exact) mass is 238 g/mol. The van der Waals surface area contributed by atoms with Gasteiger partial charge in [0, 0.05) is 18.5 Å². The van der Waals surface area contributed by atoms with Gasteiger partial charge in [-0.25, -0.2) is 0 Å². The Morgan fingerprint density at radius 1 is 1.24 bits per heavy atom. The van der Waals surface area contributed by atoms with Crippen LogP contribution in [0.1, 0.15) is 58.8 Å². The highest BCUT2D eigenvalue weighted by molar-refractivity contribution is 5.83. The third-order valence-electron chi connectivity index (χ3n) is 4.52. The second kappa shape index (κ2) is 4.60. The van der Waals surface area contributed by atoms with Gasteiger partial charge in [0.1, 0.15) is 0 Å². The molecule has 2 N–H and O–H groups in total. The van der Waals surface area contributed by atoms with Gasteiger partial charge in [0.15, 0.2) is 0 Å². The van der Waals surface area contributed by atoms with E-state index in [2.05, 4.69) is 13.8 Å². The second-order valence-corrected chi connectivity index (χ2v) is 6.39. The summed E-state index contributed by atoms with van der Waals surface area (Å²) in [6.45, 7) is 5.84. The predicted octanol–water partition coefficient (Wildman–Crippen LogP) is 2.30. The van der Waals surface area contributed by atoms with Crippen LogP contribution in [0.25, 0.3) is 0 Å². The molecule has 17 heavy (non-hydrogen) atoms. The van der Waals surface area contributed by atoms with E-state index in [0.29, 0.717) is 5.91 Å². The summed E-state index contributed by atoms with van der Waals surface area (Å²) in [7, 11) is 0. The maximum atomic E-state index is 12.5. The fourth-order valence-corrected chi connectivity index (χ4v) is 3.44. The van der Waals surface area contributed by atoms with Gasteiger partial charge in [-0.05, 0) is 19.3 Å². The Bertz CT molecular complexity index is 289.